The first-order valence-corrected chi connectivity index (χ1v) is 7.95. The largest absolute Gasteiger partial charge is 0.349 e. The van der Waals surface area contributed by atoms with Crippen LogP contribution in [0.15, 0.2) is 12.1 Å². The van der Waals surface area contributed by atoms with Gasteiger partial charge in [-0.3, -0.25) is 4.79 Å². The average molecular weight is 389 g/mol. The van der Waals surface area contributed by atoms with Gasteiger partial charge in [-0.2, -0.15) is 0 Å². The number of hydrogen-bond donors (Lipinski definition) is 2. The summed E-state index contributed by atoms with van der Waals surface area (Å²) in [6, 6.07) is 2.59. The van der Waals surface area contributed by atoms with Crippen molar-refractivity contribution in [3.05, 3.63) is 34.9 Å². The number of nitrogens with one attached hydrogen (secondary N) is 1. The van der Waals surface area contributed by atoms with Gasteiger partial charge in [-0.15, -0.1) is 24.8 Å². The molecular formula is C17H23Cl2FN4O. The Morgan fingerprint density at radius 2 is 1.92 bits per heavy atom. The van der Waals surface area contributed by atoms with Gasteiger partial charge >= 0.3 is 0 Å². The second kappa shape index (κ2) is 8.74. The van der Waals surface area contributed by atoms with Gasteiger partial charge in [-0.1, -0.05) is 6.42 Å². The van der Waals surface area contributed by atoms with Gasteiger partial charge in [0, 0.05) is 12.1 Å². The molecule has 3 N–H and O–H groups in total. The number of nitrogens with two attached hydrogens (primary N) is 1. The zero-order valence-electron chi connectivity index (χ0n) is 14.2. The number of halogens is 3. The van der Waals surface area contributed by atoms with Crippen LogP contribution in [0.5, 0.6) is 0 Å². The summed E-state index contributed by atoms with van der Waals surface area (Å²) in [6.45, 7) is 4.19. The third kappa shape index (κ3) is 4.37. The number of aromatic nitrogens is 2. The number of carbonyl (C=O) groups excluding carboxylic acids is 1. The molecule has 0 aliphatic heterocycles. The molecule has 2 unspecified atom stereocenters. The molecule has 1 heterocycles. The average Bonchev–Trinajstić information content (AvgIpc) is 2.95. The second-order valence-electron chi connectivity index (χ2n) is 6.22. The van der Waals surface area contributed by atoms with Gasteiger partial charge in [-0.25, -0.2) is 14.4 Å². The molecule has 1 amide bonds. The number of rotatable bonds is 3. The highest BCUT2D eigenvalue weighted by molar-refractivity contribution is 6.04. The summed E-state index contributed by atoms with van der Waals surface area (Å²) in [4.78, 5) is 21.4. The molecule has 3 rings (SSSR count). The highest BCUT2D eigenvalue weighted by Gasteiger charge is 2.28. The first kappa shape index (κ1) is 21.5. The Morgan fingerprint density at radius 3 is 2.60 bits per heavy atom. The van der Waals surface area contributed by atoms with Crippen molar-refractivity contribution < 1.29 is 9.18 Å². The molecular weight excluding hydrogens is 366 g/mol. The summed E-state index contributed by atoms with van der Waals surface area (Å²) in [6.07, 6.45) is 2.98. The van der Waals surface area contributed by atoms with Crippen LogP contribution >= 0.6 is 24.8 Å². The predicted molar refractivity (Wildman–Crippen MR) is 101 cm³/mol. The quantitative estimate of drug-likeness (QED) is 0.846. The van der Waals surface area contributed by atoms with Crippen molar-refractivity contribution in [2.75, 3.05) is 6.54 Å². The maximum atomic E-state index is 13.9. The van der Waals surface area contributed by atoms with Gasteiger partial charge < -0.3 is 11.1 Å². The molecule has 1 fully saturated rings. The van der Waals surface area contributed by atoms with Crippen LogP contribution in [-0.4, -0.2) is 28.5 Å². The van der Waals surface area contributed by atoms with E-state index in [1.165, 1.54) is 12.1 Å². The SMILES string of the molecule is Cc1nc2cc(F)cc(C(=O)NC3CCCC3CN)c2nc1C.Cl.Cl. The van der Waals surface area contributed by atoms with Crippen LogP contribution in [0.25, 0.3) is 11.0 Å². The Labute approximate surface area is 158 Å². The van der Waals surface area contributed by atoms with Gasteiger partial charge in [0.05, 0.1) is 22.5 Å². The van der Waals surface area contributed by atoms with Crippen LogP contribution in [0.2, 0.25) is 0 Å². The molecule has 1 aromatic carbocycles. The van der Waals surface area contributed by atoms with Crippen molar-refractivity contribution in [2.24, 2.45) is 11.7 Å². The number of benzene rings is 1. The predicted octanol–water partition coefficient (Wildman–Crippen LogP) is 3.09. The standard InChI is InChI=1S/C17H21FN4O.2ClH/c1-9-10(2)21-16-13(6-12(18)7-15(16)20-9)17(23)22-14-5-3-4-11(14)8-19;;/h6-7,11,14H,3-5,8,19H2,1-2H3,(H,22,23);2*1H. The van der Waals surface area contributed by atoms with E-state index in [9.17, 15) is 9.18 Å². The van der Waals surface area contributed by atoms with Crippen molar-refractivity contribution in [1.82, 2.24) is 15.3 Å². The van der Waals surface area contributed by atoms with E-state index in [-0.39, 0.29) is 48.2 Å². The lowest BCUT2D eigenvalue weighted by molar-refractivity contribution is 0.0930. The maximum Gasteiger partial charge on any atom is 0.253 e. The number of aryl methyl sites for hydroxylation is 2. The zero-order chi connectivity index (χ0) is 16.6. The lowest BCUT2D eigenvalue weighted by Crippen LogP contribution is -2.40. The molecule has 0 radical (unpaired) electrons. The van der Waals surface area contributed by atoms with Crippen LogP contribution in [0.1, 0.15) is 41.0 Å². The number of nitrogens with zero attached hydrogens (tertiary/aromatic N) is 2. The zero-order valence-corrected chi connectivity index (χ0v) is 15.8. The number of hydrogen-bond acceptors (Lipinski definition) is 4. The number of fused-ring (bicyclic) bond motifs is 1. The number of carbonyl (C=O) groups is 1. The van der Waals surface area contributed by atoms with E-state index in [1.807, 2.05) is 13.8 Å². The van der Waals surface area contributed by atoms with E-state index < -0.39 is 5.82 Å². The van der Waals surface area contributed by atoms with Crippen molar-refractivity contribution >= 4 is 41.8 Å². The summed E-state index contributed by atoms with van der Waals surface area (Å²) >= 11 is 0. The Balaban J connectivity index is 0.00000156. The Hall–Kier alpha value is -1.50. The molecule has 25 heavy (non-hydrogen) atoms. The highest BCUT2D eigenvalue weighted by Crippen LogP contribution is 2.26. The molecule has 0 spiro atoms. The molecule has 1 aliphatic rings. The van der Waals surface area contributed by atoms with Gasteiger partial charge in [0.15, 0.2) is 0 Å². The van der Waals surface area contributed by atoms with Crippen molar-refractivity contribution in [1.29, 1.82) is 0 Å². The van der Waals surface area contributed by atoms with Crippen LogP contribution in [0.4, 0.5) is 4.39 Å². The lowest BCUT2D eigenvalue weighted by atomic mass is 10.0. The fraction of sp³-hybridized carbons (Fsp3) is 0.471. The van der Waals surface area contributed by atoms with E-state index >= 15 is 0 Å². The van der Waals surface area contributed by atoms with Gasteiger partial charge in [-0.05, 0) is 45.2 Å². The Kier molecular flexibility index (Phi) is 7.53. The molecule has 0 bridgehead atoms. The molecule has 1 aliphatic carbocycles. The topological polar surface area (TPSA) is 80.9 Å². The fourth-order valence-electron chi connectivity index (χ4n) is 3.23. The number of amides is 1. The molecule has 2 aromatic rings. The summed E-state index contributed by atoms with van der Waals surface area (Å²) in [5, 5.41) is 3.00. The molecule has 2 atom stereocenters. The van der Waals surface area contributed by atoms with Crippen LogP contribution < -0.4 is 11.1 Å². The molecule has 1 saturated carbocycles. The Morgan fingerprint density at radius 1 is 1.24 bits per heavy atom. The van der Waals surface area contributed by atoms with Gasteiger partial charge in [0.1, 0.15) is 11.3 Å². The van der Waals surface area contributed by atoms with E-state index in [4.69, 9.17) is 5.73 Å². The van der Waals surface area contributed by atoms with Gasteiger partial charge in [0.2, 0.25) is 0 Å². The minimum Gasteiger partial charge on any atom is -0.349 e. The van der Waals surface area contributed by atoms with Crippen molar-refractivity contribution in [3.8, 4) is 0 Å². The lowest BCUT2D eigenvalue weighted by Gasteiger charge is -2.20. The monoisotopic (exact) mass is 388 g/mol. The van der Waals surface area contributed by atoms with Crippen molar-refractivity contribution in [3.63, 3.8) is 0 Å². The smallest absolute Gasteiger partial charge is 0.253 e. The fourth-order valence-corrected chi connectivity index (χ4v) is 3.23. The van der Waals surface area contributed by atoms with E-state index in [0.717, 1.165) is 30.7 Å². The minimum atomic E-state index is -0.484. The maximum absolute atomic E-state index is 13.9. The Bertz CT molecular complexity index is 772. The van der Waals surface area contributed by atoms with E-state index in [1.54, 1.807) is 0 Å². The second-order valence-corrected chi connectivity index (χ2v) is 6.22. The summed E-state index contributed by atoms with van der Waals surface area (Å²) in [7, 11) is 0. The molecule has 1 aromatic heterocycles. The van der Waals surface area contributed by atoms with Crippen LogP contribution in [0, 0.1) is 25.6 Å². The highest BCUT2D eigenvalue weighted by atomic mass is 35.5. The summed E-state index contributed by atoms with van der Waals surface area (Å²) < 4.78 is 13.9. The van der Waals surface area contributed by atoms with E-state index in [2.05, 4.69) is 15.3 Å². The normalized spacial score (nSPS) is 19.2. The molecule has 5 nitrogen and oxygen atoms in total. The van der Waals surface area contributed by atoms with Crippen LogP contribution in [0.3, 0.4) is 0 Å². The van der Waals surface area contributed by atoms with Crippen LogP contribution in [-0.2, 0) is 0 Å². The minimum absolute atomic E-state index is 0. The van der Waals surface area contributed by atoms with Gasteiger partial charge in [0.25, 0.3) is 5.91 Å². The molecule has 8 heteroatoms. The first-order valence-electron chi connectivity index (χ1n) is 7.95. The summed E-state index contributed by atoms with van der Waals surface area (Å²) in [5.41, 5.74) is 8.30. The third-order valence-corrected chi connectivity index (χ3v) is 4.67. The van der Waals surface area contributed by atoms with Crippen molar-refractivity contribution in [2.45, 2.75) is 39.2 Å². The molecule has 0 saturated heterocycles. The third-order valence-electron chi connectivity index (χ3n) is 4.67. The first-order chi connectivity index (χ1) is 11.0. The summed E-state index contributed by atoms with van der Waals surface area (Å²) in [5.74, 6) is -0.506. The molecule has 138 valence electrons. The van der Waals surface area contributed by atoms with E-state index in [0.29, 0.717) is 17.6 Å².